The van der Waals surface area contributed by atoms with Gasteiger partial charge in [-0.05, 0) is 67.5 Å². The summed E-state index contributed by atoms with van der Waals surface area (Å²) in [6.07, 6.45) is 2.88. The second-order valence-electron chi connectivity index (χ2n) is 6.77. The van der Waals surface area contributed by atoms with E-state index in [1.54, 1.807) is 0 Å². The van der Waals surface area contributed by atoms with Crippen molar-refractivity contribution < 1.29 is 14.6 Å². The zero-order chi connectivity index (χ0) is 18.4. The lowest BCUT2D eigenvalue weighted by Crippen LogP contribution is -2.29. The predicted molar refractivity (Wildman–Crippen MR) is 101 cm³/mol. The van der Waals surface area contributed by atoms with E-state index in [2.05, 4.69) is 25.1 Å². The van der Waals surface area contributed by atoms with Gasteiger partial charge in [0.15, 0.2) is 6.10 Å². The first-order valence-corrected chi connectivity index (χ1v) is 8.95. The minimum atomic E-state index is -0.936. The van der Waals surface area contributed by atoms with Crippen LogP contribution in [-0.4, -0.2) is 17.2 Å². The monoisotopic (exact) mass is 340 g/mol. The first-order valence-electron chi connectivity index (χ1n) is 8.95. The molecule has 134 valence electrons. The second kappa shape index (κ2) is 8.70. The van der Waals surface area contributed by atoms with Gasteiger partial charge < -0.3 is 9.84 Å². The van der Waals surface area contributed by atoms with Crippen molar-refractivity contribution in [3.8, 4) is 5.75 Å². The van der Waals surface area contributed by atoms with Gasteiger partial charge in [0.25, 0.3) is 0 Å². The molecule has 0 saturated carbocycles. The van der Waals surface area contributed by atoms with Gasteiger partial charge in [0, 0.05) is 6.42 Å². The SMILES string of the molecule is CCCCc1ccc(C[C@@H](Oc2cc(C)cc(C)c2C)C(=O)O)cc1. The van der Waals surface area contributed by atoms with Crippen LogP contribution in [-0.2, 0) is 17.6 Å². The van der Waals surface area contributed by atoms with Crippen molar-refractivity contribution in [2.75, 3.05) is 0 Å². The average molecular weight is 340 g/mol. The Labute approximate surface area is 150 Å². The average Bonchev–Trinajstić information content (AvgIpc) is 2.57. The molecule has 0 saturated heterocycles. The molecule has 3 heteroatoms. The third-order valence-electron chi connectivity index (χ3n) is 4.57. The summed E-state index contributed by atoms with van der Waals surface area (Å²) in [7, 11) is 0. The lowest BCUT2D eigenvalue weighted by molar-refractivity contribution is -0.145. The molecule has 0 amide bonds. The number of aryl methyl sites for hydroxylation is 3. The molecule has 0 aromatic heterocycles. The third-order valence-corrected chi connectivity index (χ3v) is 4.57. The molecule has 0 spiro atoms. The van der Waals surface area contributed by atoms with Crippen molar-refractivity contribution in [2.45, 2.75) is 59.5 Å². The fraction of sp³-hybridized carbons (Fsp3) is 0.409. The summed E-state index contributed by atoms with van der Waals surface area (Å²) in [5, 5.41) is 9.57. The van der Waals surface area contributed by atoms with Crippen molar-refractivity contribution in [2.24, 2.45) is 0 Å². The summed E-state index contributed by atoms with van der Waals surface area (Å²) in [5.41, 5.74) is 5.45. The number of rotatable bonds is 8. The van der Waals surface area contributed by atoms with Gasteiger partial charge >= 0.3 is 5.97 Å². The summed E-state index contributed by atoms with van der Waals surface area (Å²) >= 11 is 0. The number of hydrogen-bond acceptors (Lipinski definition) is 2. The van der Waals surface area contributed by atoms with Crippen LogP contribution in [0.1, 0.15) is 47.6 Å². The Hall–Kier alpha value is -2.29. The molecule has 3 nitrogen and oxygen atoms in total. The fourth-order valence-corrected chi connectivity index (χ4v) is 2.89. The molecule has 2 rings (SSSR count). The van der Waals surface area contributed by atoms with E-state index < -0.39 is 12.1 Å². The van der Waals surface area contributed by atoms with Gasteiger partial charge in [-0.3, -0.25) is 0 Å². The highest BCUT2D eigenvalue weighted by Gasteiger charge is 2.21. The summed E-state index contributed by atoms with van der Waals surface area (Å²) in [6.45, 7) is 8.15. The summed E-state index contributed by atoms with van der Waals surface area (Å²) in [5.74, 6) is -0.280. The highest BCUT2D eigenvalue weighted by molar-refractivity contribution is 5.73. The molecule has 0 bridgehead atoms. The maximum Gasteiger partial charge on any atom is 0.345 e. The maximum atomic E-state index is 11.7. The van der Waals surface area contributed by atoms with Gasteiger partial charge in [0.2, 0.25) is 0 Å². The third kappa shape index (κ3) is 5.35. The van der Waals surface area contributed by atoms with Crippen LogP contribution in [0.4, 0.5) is 0 Å². The normalized spacial score (nSPS) is 12.0. The minimum absolute atomic E-state index is 0.357. The van der Waals surface area contributed by atoms with E-state index in [-0.39, 0.29) is 0 Å². The molecule has 0 aliphatic carbocycles. The fourth-order valence-electron chi connectivity index (χ4n) is 2.89. The van der Waals surface area contributed by atoms with Gasteiger partial charge in [-0.1, -0.05) is 43.7 Å². The molecule has 1 N–H and O–H groups in total. The quantitative estimate of drug-likeness (QED) is 0.733. The van der Waals surface area contributed by atoms with Crippen LogP contribution in [0, 0.1) is 20.8 Å². The van der Waals surface area contributed by atoms with E-state index in [1.807, 2.05) is 39.0 Å². The van der Waals surface area contributed by atoms with Crippen LogP contribution >= 0.6 is 0 Å². The van der Waals surface area contributed by atoms with Gasteiger partial charge in [-0.15, -0.1) is 0 Å². The molecule has 0 heterocycles. The second-order valence-corrected chi connectivity index (χ2v) is 6.77. The number of aliphatic carboxylic acids is 1. The van der Waals surface area contributed by atoms with Crippen LogP contribution in [0.25, 0.3) is 0 Å². The lowest BCUT2D eigenvalue weighted by Gasteiger charge is -2.18. The van der Waals surface area contributed by atoms with Crippen molar-refractivity contribution in [3.63, 3.8) is 0 Å². The standard InChI is InChI=1S/C22H28O3/c1-5-6-7-18-8-10-19(11-9-18)14-21(22(23)24)25-20-13-15(2)12-16(3)17(20)4/h8-13,21H,5-7,14H2,1-4H3,(H,23,24)/t21-/m1/s1. The van der Waals surface area contributed by atoms with Crippen LogP contribution in [0.15, 0.2) is 36.4 Å². The van der Waals surface area contributed by atoms with Crippen LogP contribution in [0.3, 0.4) is 0 Å². The van der Waals surface area contributed by atoms with E-state index in [4.69, 9.17) is 4.74 Å². The molecule has 0 fully saturated rings. The van der Waals surface area contributed by atoms with E-state index >= 15 is 0 Å². The molecular formula is C22H28O3. The van der Waals surface area contributed by atoms with Crippen molar-refractivity contribution >= 4 is 5.97 Å². The molecule has 0 radical (unpaired) electrons. The molecule has 25 heavy (non-hydrogen) atoms. The number of carbonyl (C=O) groups is 1. The molecule has 0 aliphatic rings. The number of ether oxygens (including phenoxy) is 1. The van der Waals surface area contributed by atoms with E-state index in [1.165, 1.54) is 18.4 Å². The Morgan fingerprint density at radius 1 is 1.08 bits per heavy atom. The number of benzene rings is 2. The molecular weight excluding hydrogens is 312 g/mol. The predicted octanol–water partition coefficient (Wildman–Crippen LogP) is 5.03. The smallest absolute Gasteiger partial charge is 0.345 e. The molecule has 2 aromatic rings. The van der Waals surface area contributed by atoms with Crippen molar-refractivity contribution in [3.05, 3.63) is 64.2 Å². The van der Waals surface area contributed by atoms with E-state index in [9.17, 15) is 9.90 Å². The van der Waals surface area contributed by atoms with Crippen LogP contribution < -0.4 is 4.74 Å². The number of unbranched alkanes of at least 4 members (excludes halogenated alkanes) is 1. The number of carboxylic acids is 1. The zero-order valence-electron chi connectivity index (χ0n) is 15.6. The summed E-state index contributed by atoms with van der Waals surface area (Å²) in [6, 6.07) is 12.2. The first kappa shape index (κ1) is 19.0. The van der Waals surface area contributed by atoms with Crippen LogP contribution in [0.2, 0.25) is 0 Å². The Morgan fingerprint density at radius 3 is 2.32 bits per heavy atom. The Morgan fingerprint density at radius 2 is 1.72 bits per heavy atom. The summed E-state index contributed by atoms with van der Waals surface area (Å²) in [4.78, 5) is 11.7. The lowest BCUT2D eigenvalue weighted by atomic mass is 10.0. The van der Waals surface area contributed by atoms with Crippen molar-refractivity contribution in [1.82, 2.24) is 0 Å². The number of carboxylic acid groups (broad SMARTS) is 1. The van der Waals surface area contributed by atoms with Gasteiger partial charge in [-0.25, -0.2) is 4.79 Å². The molecule has 1 atom stereocenters. The summed E-state index contributed by atoms with van der Waals surface area (Å²) < 4.78 is 5.87. The molecule has 2 aromatic carbocycles. The largest absolute Gasteiger partial charge is 0.478 e. The maximum absolute atomic E-state index is 11.7. The Bertz CT molecular complexity index is 717. The first-order chi connectivity index (χ1) is 11.9. The Kier molecular flexibility index (Phi) is 6.63. The highest BCUT2D eigenvalue weighted by Crippen LogP contribution is 2.25. The van der Waals surface area contributed by atoms with E-state index in [0.717, 1.165) is 28.7 Å². The van der Waals surface area contributed by atoms with Gasteiger partial charge in [-0.2, -0.15) is 0 Å². The van der Waals surface area contributed by atoms with Gasteiger partial charge in [0.1, 0.15) is 5.75 Å². The number of hydrogen-bond donors (Lipinski definition) is 1. The van der Waals surface area contributed by atoms with E-state index in [0.29, 0.717) is 12.2 Å². The van der Waals surface area contributed by atoms with Crippen LogP contribution in [0.5, 0.6) is 5.75 Å². The Balaban J connectivity index is 2.12. The molecule has 0 aliphatic heterocycles. The van der Waals surface area contributed by atoms with Gasteiger partial charge in [0.05, 0.1) is 0 Å². The minimum Gasteiger partial charge on any atom is -0.478 e. The van der Waals surface area contributed by atoms with Crippen molar-refractivity contribution in [1.29, 1.82) is 0 Å². The molecule has 0 unspecified atom stereocenters. The zero-order valence-corrected chi connectivity index (χ0v) is 15.6. The highest BCUT2D eigenvalue weighted by atomic mass is 16.5. The topological polar surface area (TPSA) is 46.5 Å².